The summed E-state index contributed by atoms with van der Waals surface area (Å²) < 4.78 is 17.7. The lowest BCUT2D eigenvalue weighted by molar-refractivity contribution is -0.139. The molecule has 4 N–H and O–H groups in total. The van der Waals surface area contributed by atoms with E-state index in [1.54, 1.807) is 6.08 Å². The number of hydrogen-bond donors (Lipinski definition) is 4. The van der Waals surface area contributed by atoms with Crippen LogP contribution in [0.4, 0.5) is 0 Å². The van der Waals surface area contributed by atoms with E-state index in [1.165, 1.54) is 38.5 Å². The molecule has 3 rings (SSSR count). The Morgan fingerprint density at radius 3 is 1.98 bits per heavy atom. The predicted octanol–water partition coefficient (Wildman–Crippen LogP) is 6.83. The Morgan fingerprint density at radius 1 is 0.711 bits per heavy atom. The average Bonchev–Trinajstić information content (AvgIpc) is 3.76. The van der Waals surface area contributed by atoms with Crippen LogP contribution in [0.25, 0.3) is 0 Å². The van der Waals surface area contributed by atoms with E-state index in [0.29, 0.717) is 37.7 Å². The van der Waals surface area contributed by atoms with Crippen molar-refractivity contribution in [2.75, 3.05) is 0 Å². The molecule has 0 aromatic heterocycles. The first-order valence-corrected chi connectivity index (χ1v) is 18.7. The number of rotatable bonds is 25. The zero-order chi connectivity index (χ0) is 32.4. The van der Waals surface area contributed by atoms with Gasteiger partial charge in [-0.05, 0) is 70.8 Å². The molecule has 0 saturated carbocycles. The minimum Gasteiger partial charge on any atom is -0.455 e. The van der Waals surface area contributed by atoms with Gasteiger partial charge in [0, 0.05) is 12.0 Å². The minimum atomic E-state index is -0.625. The van der Waals surface area contributed by atoms with E-state index < -0.39 is 24.4 Å². The van der Waals surface area contributed by atoms with Crippen molar-refractivity contribution in [3.8, 4) is 0 Å². The lowest BCUT2D eigenvalue weighted by atomic mass is 9.99. The van der Waals surface area contributed by atoms with Crippen molar-refractivity contribution in [1.82, 2.24) is 0 Å². The van der Waals surface area contributed by atoms with E-state index in [4.69, 9.17) is 14.2 Å². The summed E-state index contributed by atoms with van der Waals surface area (Å²) in [7, 11) is 0. The molecule has 0 aromatic carbocycles. The standard InChI is InChI=1S/C37H66O8/c1-3-4-5-6-7-8-9-12-18-31(39)32(40)19-15-14-17-30-21-22-35(44-30)36-24-23-34(45-36)33(41)20-13-10-11-16-29(38)26-28-25-27(2)43-37(28)42/h25,27,29-36,38-41H,3-24,26H2,1-2H3/t27-,29+,30+,31+,32-,33-,34-,35-,36-/m0/s1. The first kappa shape index (κ1) is 38.4. The molecule has 8 nitrogen and oxygen atoms in total. The Balaban J connectivity index is 1.17. The molecule has 0 amide bonds. The van der Waals surface area contributed by atoms with E-state index >= 15 is 0 Å². The largest absolute Gasteiger partial charge is 0.455 e. The smallest absolute Gasteiger partial charge is 0.334 e. The summed E-state index contributed by atoms with van der Waals surface area (Å²) in [5, 5.41) is 41.7. The predicted molar refractivity (Wildman–Crippen MR) is 177 cm³/mol. The van der Waals surface area contributed by atoms with Gasteiger partial charge >= 0.3 is 5.97 Å². The van der Waals surface area contributed by atoms with Gasteiger partial charge < -0.3 is 34.6 Å². The van der Waals surface area contributed by atoms with Gasteiger partial charge in [0.25, 0.3) is 0 Å². The number of carbonyl (C=O) groups is 1. The average molecular weight is 639 g/mol. The molecule has 3 aliphatic rings. The molecular weight excluding hydrogens is 572 g/mol. The van der Waals surface area contributed by atoms with Crippen LogP contribution in [0, 0.1) is 0 Å². The molecule has 2 saturated heterocycles. The normalized spacial score (nSPS) is 27.8. The highest BCUT2D eigenvalue weighted by Gasteiger charge is 2.39. The van der Waals surface area contributed by atoms with Gasteiger partial charge in [-0.3, -0.25) is 0 Å². The Labute approximate surface area is 273 Å². The maximum atomic E-state index is 11.7. The maximum Gasteiger partial charge on any atom is 0.334 e. The van der Waals surface area contributed by atoms with Crippen LogP contribution in [-0.2, 0) is 19.0 Å². The van der Waals surface area contributed by atoms with E-state index in [0.717, 1.165) is 77.0 Å². The first-order chi connectivity index (χ1) is 21.8. The third-order valence-corrected chi connectivity index (χ3v) is 10.1. The van der Waals surface area contributed by atoms with Gasteiger partial charge in [-0.2, -0.15) is 0 Å². The lowest BCUT2D eigenvalue weighted by Gasteiger charge is -2.23. The third-order valence-electron chi connectivity index (χ3n) is 10.1. The summed E-state index contributed by atoms with van der Waals surface area (Å²) in [6.45, 7) is 4.06. The van der Waals surface area contributed by atoms with Crippen molar-refractivity contribution in [2.45, 2.75) is 216 Å². The zero-order valence-electron chi connectivity index (χ0n) is 28.5. The number of esters is 1. The van der Waals surface area contributed by atoms with Crippen LogP contribution in [0.5, 0.6) is 0 Å². The molecule has 9 atom stereocenters. The van der Waals surface area contributed by atoms with Gasteiger partial charge in [-0.15, -0.1) is 0 Å². The van der Waals surface area contributed by atoms with Gasteiger partial charge in [-0.25, -0.2) is 4.79 Å². The fourth-order valence-electron chi connectivity index (χ4n) is 7.30. The van der Waals surface area contributed by atoms with Crippen molar-refractivity contribution in [1.29, 1.82) is 0 Å². The highest BCUT2D eigenvalue weighted by atomic mass is 16.6. The lowest BCUT2D eigenvalue weighted by Crippen LogP contribution is -2.31. The fourth-order valence-corrected chi connectivity index (χ4v) is 7.30. The summed E-state index contributed by atoms with van der Waals surface area (Å²) in [6, 6.07) is 0. The van der Waals surface area contributed by atoms with Gasteiger partial charge in [0.05, 0.1) is 48.8 Å². The molecule has 0 spiro atoms. The van der Waals surface area contributed by atoms with Crippen LogP contribution < -0.4 is 0 Å². The summed E-state index contributed by atoms with van der Waals surface area (Å²) >= 11 is 0. The number of aliphatic hydroxyl groups excluding tert-OH is 4. The topological polar surface area (TPSA) is 126 Å². The highest BCUT2D eigenvalue weighted by molar-refractivity contribution is 5.90. The SMILES string of the molecule is CCCCCCCCCC[C@@H](O)[C@@H](O)CCCC[C@@H]1CC[C@@H]([C@@H]2CC[C@@H]([C@@H](O)CCCCC[C@@H](O)CC3=C[C@H](C)OC3=O)O2)O1. The molecule has 0 aromatic rings. The quantitative estimate of drug-likeness (QED) is 0.0634. The van der Waals surface area contributed by atoms with Crippen molar-refractivity contribution in [3.05, 3.63) is 11.6 Å². The van der Waals surface area contributed by atoms with Gasteiger partial charge in [0.15, 0.2) is 0 Å². The number of ether oxygens (including phenoxy) is 3. The molecular formula is C37H66O8. The molecule has 2 fully saturated rings. The molecule has 45 heavy (non-hydrogen) atoms. The fraction of sp³-hybridized carbons (Fsp3) is 0.919. The van der Waals surface area contributed by atoms with Crippen LogP contribution in [0.1, 0.15) is 162 Å². The number of aliphatic hydroxyl groups is 4. The Hall–Kier alpha value is -1.03. The molecule has 262 valence electrons. The van der Waals surface area contributed by atoms with E-state index in [9.17, 15) is 25.2 Å². The summed E-state index contributed by atoms with van der Waals surface area (Å²) in [4.78, 5) is 11.7. The van der Waals surface area contributed by atoms with Crippen molar-refractivity contribution in [2.24, 2.45) is 0 Å². The van der Waals surface area contributed by atoms with Crippen LogP contribution in [0.15, 0.2) is 11.6 Å². The molecule has 3 aliphatic heterocycles. The van der Waals surface area contributed by atoms with E-state index in [1.807, 2.05) is 6.92 Å². The van der Waals surface area contributed by atoms with E-state index in [-0.39, 0.29) is 36.5 Å². The molecule has 0 radical (unpaired) electrons. The zero-order valence-corrected chi connectivity index (χ0v) is 28.5. The van der Waals surface area contributed by atoms with Crippen LogP contribution in [-0.4, -0.2) is 81.3 Å². The van der Waals surface area contributed by atoms with E-state index in [2.05, 4.69) is 6.92 Å². The molecule has 3 heterocycles. The molecule has 0 bridgehead atoms. The number of unbranched alkanes of at least 4 members (excludes halogenated alkanes) is 10. The van der Waals surface area contributed by atoms with Crippen LogP contribution in [0.3, 0.4) is 0 Å². The van der Waals surface area contributed by atoms with Crippen LogP contribution >= 0.6 is 0 Å². The number of cyclic esters (lactones) is 1. The van der Waals surface area contributed by atoms with Gasteiger partial charge in [0.1, 0.15) is 6.10 Å². The Bertz CT molecular complexity index is 833. The Kier molecular flexibility index (Phi) is 18.6. The van der Waals surface area contributed by atoms with Crippen molar-refractivity contribution >= 4 is 5.97 Å². The second-order valence-corrected chi connectivity index (χ2v) is 14.2. The third kappa shape index (κ3) is 14.7. The first-order valence-electron chi connectivity index (χ1n) is 18.7. The molecule has 0 aliphatic carbocycles. The Morgan fingerprint density at radius 2 is 1.29 bits per heavy atom. The van der Waals surface area contributed by atoms with Crippen molar-refractivity contribution < 1.29 is 39.4 Å². The summed E-state index contributed by atoms with van der Waals surface area (Å²) in [5.41, 5.74) is 0.575. The molecule has 8 heteroatoms. The van der Waals surface area contributed by atoms with Gasteiger partial charge in [0.2, 0.25) is 0 Å². The second kappa shape index (κ2) is 21.8. The van der Waals surface area contributed by atoms with Crippen molar-refractivity contribution in [3.63, 3.8) is 0 Å². The molecule has 0 unspecified atom stereocenters. The highest BCUT2D eigenvalue weighted by Crippen LogP contribution is 2.34. The maximum absolute atomic E-state index is 11.7. The summed E-state index contributed by atoms with van der Waals surface area (Å²) in [5.74, 6) is -0.314. The van der Waals surface area contributed by atoms with Crippen LogP contribution in [0.2, 0.25) is 0 Å². The summed E-state index contributed by atoms with van der Waals surface area (Å²) in [6.07, 6.45) is 21.9. The van der Waals surface area contributed by atoms with Gasteiger partial charge in [-0.1, -0.05) is 90.4 Å². The number of hydrogen-bond acceptors (Lipinski definition) is 8. The number of carbonyl (C=O) groups excluding carboxylic acids is 1. The second-order valence-electron chi connectivity index (χ2n) is 14.2. The monoisotopic (exact) mass is 638 g/mol. The minimum absolute atomic E-state index is 0.0532.